The summed E-state index contributed by atoms with van der Waals surface area (Å²) < 4.78 is 5.12. The van der Waals surface area contributed by atoms with Gasteiger partial charge in [0, 0.05) is 13.0 Å². The Kier molecular flexibility index (Phi) is 6.72. The van der Waals surface area contributed by atoms with Gasteiger partial charge in [-0.1, -0.05) is 31.5 Å². The molecule has 0 saturated heterocycles. The van der Waals surface area contributed by atoms with Crippen molar-refractivity contribution in [2.45, 2.75) is 26.2 Å². The Labute approximate surface area is 103 Å². The summed E-state index contributed by atoms with van der Waals surface area (Å²) in [5.41, 5.74) is 0.599. The number of nitrogens with zero attached hydrogens (tertiary/aromatic N) is 1. The van der Waals surface area contributed by atoms with E-state index in [9.17, 15) is 4.79 Å². The molecule has 92 valence electrons. The van der Waals surface area contributed by atoms with E-state index in [-0.39, 0.29) is 5.97 Å². The summed E-state index contributed by atoms with van der Waals surface area (Å²) in [5, 5.41) is 0. The summed E-state index contributed by atoms with van der Waals surface area (Å²) >= 11 is 0. The summed E-state index contributed by atoms with van der Waals surface area (Å²) in [5.74, 6) is -0.261. The highest BCUT2D eigenvalue weighted by atomic mass is 16.5. The summed E-state index contributed by atoms with van der Waals surface area (Å²) in [6, 6.07) is 9.03. The van der Waals surface area contributed by atoms with Crippen molar-refractivity contribution < 1.29 is 9.53 Å². The molecule has 0 aromatic heterocycles. The minimum Gasteiger partial charge on any atom is -0.462 e. The van der Waals surface area contributed by atoms with Gasteiger partial charge in [0.1, 0.15) is 0 Å². The van der Waals surface area contributed by atoms with Crippen molar-refractivity contribution in [2.24, 2.45) is 4.99 Å². The minimum atomic E-state index is -0.261. The maximum atomic E-state index is 11.5. The number of unbranched alkanes of at least 4 members (excludes halogenated alkanes) is 1. The van der Waals surface area contributed by atoms with Crippen molar-refractivity contribution >= 4 is 12.2 Å². The van der Waals surface area contributed by atoms with Crippen molar-refractivity contribution in [1.82, 2.24) is 0 Å². The molecule has 0 amide bonds. The van der Waals surface area contributed by atoms with Gasteiger partial charge in [-0.25, -0.2) is 4.79 Å². The zero-order valence-corrected chi connectivity index (χ0v) is 10.3. The molecule has 0 spiro atoms. The van der Waals surface area contributed by atoms with E-state index in [0.29, 0.717) is 12.2 Å². The first-order valence-corrected chi connectivity index (χ1v) is 6.05. The smallest absolute Gasteiger partial charge is 0.338 e. The molecule has 0 unspecified atom stereocenters. The average molecular weight is 233 g/mol. The van der Waals surface area contributed by atoms with Gasteiger partial charge in [-0.3, -0.25) is 4.99 Å². The monoisotopic (exact) mass is 233 g/mol. The lowest BCUT2D eigenvalue weighted by atomic mass is 10.2. The first kappa shape index (κ1) is 13.4. The van der Waals surface area contributed by atoms with Gasteiger partial charge in [0.05, 0.1) is 12.2 Å². The standard InChI is InChI=1S/C14H19NO2/c1-2-3-10-15-11-7-12-17-14(16)13-8-5-4-6-9-13/h4-6,8-10H,2-3,7,11-12H2,1H3. The Morgan fingerprint density at radius 1 is 1.35 bits per heavy atom. The van der Waals surface area contributed by atoms with E-state index in [2.05, 4.69) is 11.9 Å². The van der Waals surface area contributed by atoms with Crippen molar-refractivity contribution in [3.63, 3.8) is 0 Å². The highest BCUT2D eigenvalue weighted by Crippen LogP contribution is 2.01. The predicted octanol–water partition coefficient (Wildman–Crippen LogP) is 3.10. The van der Waals surface area contributed by atoms with Gasteiger partial charge in [0.2, 0.25) is 0 Å². The Balaban J connectivity index is 2.13. The molecule has 0 aliphatic rings. The van der Waals surface area contributed by atoms with E-state index in [0.717, 1.165) is 25.8 Å². The van der Waals surface area contributed by atoms with Crippen LogP contribution < -0.4 is 0 Å². The van der Waals surface area contributed by atoms with Crippen LogP contribution in [0, 0.1) is 0 Å². The number of benzene rings is 1. The molecule has 0 saturated carbocycles. The van der Waals surface area contributed by atoms with Crippen LogP contribution in [-0.2, 0) is 4.74 Å². The first-order chi connectivity index (χ1) is 8.34. The summed E-state index contributed by atoms with van der Waals surface area (Å²) in [6.45, 7) is 3.27. The highest BCUT2D eigenvalue weighted by Gasteiger charge is 2.04. The molecule has 0 fully saturated rings. The van der Waals surface area contributed by atoms with E-state index in [1.165, 1.54) is 0 Å². The van der Waals surface area contributed by atoms with Gasteiger partial charge < -0.3 is 4.74 Å². The van der Waals surface area contributed by atoms with Crippen molar-refractivity contribution in [1.29, 1.82) is 0 Å². The van der Waals surface area contributed by atoms with E-state index in [1.54, 1.807) is 12.1 Å². The fourth-order valence-corrected chi connectivity index (χ4v) is 1.29. The lowest BCUT2D eigenvalue weighted by Gasteiger charge is -2.03. The Hall–Kier alpha value is -1.64. The first-order valence-electron chi connectivity index (χ1n) is 6.05. The molecule has 3 nitrogen and oxygen atoms in total. The summed E-state index contributed by atoms with van der Waals surface area (Å²) in [7, 11) is 0. The van der Waals surface area contributed by atoms with Crippen LogP contribution in [0.3, 0.4) is 0 Å². The number of esters is 1. The molecule has 0 aliphatic carbocycles. The van der Waals surface area contributed by atoms with Crippen LogP contribution in [0.5, 0.6) is 0 Å². The number of hydrogen-bond acceptors (Lipinski definition) is 3. The zero-order chi connectivity index (χ0) is 12.3. The van der Waals surface area contributed by atoms with Crippen LogP contribution in [0.2, 0.25) is 0 Å². The maximum absolute atomic E-state index is 11.5. The number of carbonyl (C=O) groups excluding carboxylic acids is 1. The van der Waals surface area contributed by atoms with Crippen molar-refractivity contribution in [2.75, 3.05) is 13.2 Å². The second kappa shape index (κ2) is 8.50. The van der Waals surface area contributed by atoms with E-state index >= 15 is 0 Å². The molecule has 1 aromatic carbocycles. The number of ether oxygens (including phenoxy) is 1. The predicted molar refractivity (Wildman–Crippen MR) is 69.6 cm³/mol. The topological polar surface area (TPSA) is 38.7 Å². The fourth-order valence-electron chi connectivity index (χ4n) is 1.29. The lowest BCUT2D eigenvalue weighted by Crippen LogP contribution is -2.06. The van der Waals surface area contributed by atoms with Crippen molar-refractivity contribution in [3.05, 3.63) is 35.9 Å². The Morgan fingerprint density at radius 2 is 2.12 bits per heavy atom. The fraction of sp³-hybridized carbons (Fsp3) is 0.429. The molecular formula is C14H19NO2. The molecule has 1 aromatic rings. The molecule has 3 heteroatoms. The third-order valence-corrected chi connectivity index (χ3v) is 2.22. The van der Waals surface area contributed by atoms with Crippen LogP contribution in [-0.4, -0.2) is 25.3 Å². The molecule has 0 heterocycles. The van der Waals surface area contributed by atoms with Crippen molar-refractivity contribution in [3.8, 4) is 0 Å². The normalized spacial score (nSPS) is 10.6. The SMILES string of the molecule is CCCC=NCCCOC(=O)c1ccccc1. The second-order valence-electron chi connectivity index (χ2n) is 3.73. The quantitative estimate of drug-likeness (QED) is 0.412. The molecule has 0 atom stereocenters. The van der Waals surface area contributed by atoms with Gasteiger partial charge in [-0.05, 0) is 24.8 Å². The largest absolute Gasteiger partial charge is 0.462 e. The lowest BCUT2D eigenvalue weighted by molar-refractivity contribution is 0.0503. The Morgan fingerprint density at radius 3 is 2.82 bits per heavy atom. The van der Waals surface area contributed by atoms with Crippen LogP contribution in [0.15, 0.2) is 35.3 Å². The molecule has 0 aliphatic heterocycles. The van der Waals surface area contributed by atoms with Gasteiger partial charge in [-0.2, -0.15) is 0 Å². The van der Waals surface area contributed by atoms with Crippen LogP contribution >= 0.6 is 0 Å². The second-order valence-corrected chi connectivity index (χ2v) is 3.73. The maximum Gasteiger partial charge on any atom is 0.338 e. The number of aliphatic imine (C=N–C) groups is 1. The van der Waals surface area contributed by atoms with Crippen LogP contribution in [0.4, 0.5) is 0 Å². The zero-order valence-electron chi connectivity index (χ0n) is 10.3. The molecule has 1 rings (SSSR count). The third-order valence-electron chi connectivity index (χ3n) is 2.22. The van der Waals surface area contributed by atoms with Gasteiger partial charge >= 0.3 is 5.97 Å². The van der Waals surface area contributed by atoms with Gasteiger partial charge in [0.15, 0.2) is 0 Å². The summed E-state index contributed by atoms with van der Waals surface area (Å²) in [4.78, 5) is 15.7. The third kappa shape index (κ3) is 5.85. The van der Waals surface area contributed by atoms with E-state index < -0.39 is 0 Å². The molecule has 0 radical (unpaired) electrons. The highest BCUT2D eigenvalue weighted by molar-refractivity contribution is 5.89. The summed E-state index contributed by atoms with van der Waals surface area (Å²) in [6.07, 6.45) is 4.84. The van der Waals surface area contributed by atoms with Gasteiger partial charge in [0.25, 0.3) is 0 Å². The molecular weight excluding hydrogens is 214 g/mol. The number of hydrogen-bond donors (Lipinski definition) is 0. The van der Waals surface area contributed by atoms with Gasteiger partial charge in [-0.15, -0.1) is 0 Å². The van der Waals surface area contributed by atoms with E-state index in [4.69, 9.17) is 4.74 Å². The Bertz CT molecular complexity index is 346. The van der Waals surface area contributed by atoms with Crippen LogP contribution in [0.25, 0.3) is 0 Å². The molecule has 0 N–H and O–H groups in total. The van der Waals surface area contributed by atoms with Crippen LogP contribution in [0.1, 0.15) is 36.5 Å². The minimum absolute atomic E-state index is 0.261. The number of carbonyl (C=O) groups is 1. The average Bonchev–Trinajstić information content (AvgIpc) is 2.38. The molecule has 0 bridgehead atoms. The van der Waals surface area contributed by atoms with E-state index in [1.807, 2.05) is 24.4 Å². The number of rotatable bonds is 7. The molecule has 17 heavy (non-hydrogen) atoms.